The second-order valence-electron chi connectivity index (χ2n) is 7.82. The van der Waals surface area contributed by atoms with Gasteiger partial charge in [0.25, 0.3) is 0 Å². The minimum Gasteiger partial charge on any atom is -0.392 e. The van der Waals surface area contributed by atoms with Crippen molar-refractivity contribution in [3.63, 3.8) is 0 Å². The van der Waals surface area contributed by atoms with Gasteiger partial charge in [0.05, 0.1) is 12.1 Å². The van der Waals surface area contributed by atoms with Gasteiger partial charge in [-0.1, -0.05) is 96.1 Å². The summed E-state index contributed by atoms with van der Waals surface area (Å²) in [6.07, 6.45) is -0.706. The van der Waals surface area contributed by atoms with Crippen LogP contribution >= 0.6 is 7.14 Å². The molecule has 7 heteroatoms. The normalized spacial score (nSPS) is 23.3. The quantitative estimate of drug-likeness (QED) is 0.178. The summed E-state index contributed by atoms with van der Waals surface area (Å²) in [6.45, 7) is 0. The number of hydrogen-bond donors (Lipinski definition) is 1. The molecule has 4 rings (SSSR count). The molecule has 6 nitrogen and oxygen atoms in total. The highest BCUT2D eigenvalue weighted by atomic mass is 31.2. The number of aliphatic hydroxyl groups is 1. The van der Waals surface area contributed by atoms with Crippen LogP contribution in [0.4, 0.5) is 0 Å². The van der Waals surface area contributed by atoms with Crippen molar-refractivity contribution in [1.82, 2.24) is 0 Å². The predicted octanol–water partition coefficient (Wildman–Crippen LogP) is 5.37. The average molecular weight is 433 g/mol. The van der Waals surface area contributed by atoms with Gasteiger partial charge in [-0.3, -0.25) is 0 Å². The first-order chi connectivity index (χ1) is 15.1. The summed E-state index contributed by atoms with van der Waals surface area (Å²) >= 11 is 0. The maximum absolute atomic E-state index is 13.6. The third kappa shape index (κ3) is 4.30. The molecule has 1 fully saturated rings. The van der Waals surface area contributed by atoms with Gasteiger partial charge in [-0.2, -0.15) is 0 Å². The molecule has 0 bridgehead atoms. The Morgan fingerprint density at radius 3 is 1.77 bits per heavy atom. The highest BCUT2D eigenvalue weighted by Crippen LogP contribution is 2.55. The minimum absolute atomic E-state index is 0.0276. The van der Waals surface area contributed by atoms with E-state index in [1.165, 1.54) is 0 Å². The van der Waals surface area contributed by atoms with Crippen molar-refractivity contribution in [2.24, 2.45) is 5.11 Å². The smallest absolute Gasteiger partial charge is 0.144 e. The monoisotopic (exact) mass is 433 g/mol. The van der Waals surface area contributed by atoms with Crippen LogP contribution in [-0.4, -0.2) is 35.9 Å². The van der Waals surface area contributed by atoms with Crippen LogP contribution in [0.5, 0.6) is 0 Å². The van der Waals surface area contributed by atoms with E-state index < -0.39 is 24.9 Å². The Labute approximate surface area is 181 Å². The zero-order valence-corrected chi connectivity index (χ0v) is 17.9. The van der Waals surface area contributed by atoms with Gasteiger partial charge in [0.15, 0.2) is 0 Å². The fourth-order valence-corrected chi connectivity index (χ4v) is 6.98. The van der Waals surface area contributed by atoms with Crippen LogP contribution in [0.1, 0.15) is 16.7 Å². The van der Waals surface area contributed by atoms with E-state index in [4.69, 9.17) is 10.3 Å². The largest absolute Gasteiger partial charge is 0.392 e. The SMILES string of the molecule is [N-]=[N+]=N[C@@H]1C[P@@](=O)(COC(c2ccccc2)(c2ccccc2)c2ccccc2)C[C@H]1O. The Kier molecular flexibility index (Phi) is 6.26. The van der Waals surface area contributed by atoms with Gasteiger partial charge in [0, 0.05) is 17.2 Å². The van der Waals surface area contributed by atoms with E-state index in [0.717, 1.165) is 16.7 Å². The number of ether oxygens (including phenoxy) is 1. The Morgan fingerprint density at radius 2 is 1.35 bits per heavy atom. The molecule has 3 aromatic rings. The molecule has 1 saturated heterocycles. The van der Waals surface area contributed by atoms with Gasteiger partial charge in [-0.25, -0.2) is 0 Å². The molecule has 0 radical (unpaired) electrons. The lowest BCUT2D eigenvalue weighted by Crippen LogP contribution is -2.33. The molecule has 0 spiro atoms. The third-order valence-electron chi connectivity index (χ3n) is 5.74. The van der Waals surface area contributed by atoms with Gasteiger partial charge in [0.1, 0.15) is 19.1 Å². The lowest BCUT2D eigenvalue weighted by Gasteiger charge is -2.36. The molecule has 1 heterocycles. The standard InChI is InChI=1S/C24H24N3O3P/c25-27-26-22-16-31(29,17-23(22)28)18-30-24(19-10-4-1-5-11-19,20-12-6-2-7-13-20)21-14-8-3-9-15-21/h1-15,22-23,28H,16-18H2/t22-,23-,31+/m1/s1. The van der Waals surface area contributed by atoms with Gasteiger partial charge >= 0.3 is 0 Å². The maximum atomic E-state index is 13.6. The summed E-state index contributed by atoms with van der Waals surface area (Å²) < 4.78 is 20.2. The molecule has 1 N–H and O–H groups in total. The molecule has 31 heavy (non-hydrogen) atoms. The summed E-state index contributed by atoms with van der Waals surface area (Å²) in [6, 6.07) is 28.9. The van der Waals surface area contributed by atoms with E-state index >= 15 is 0 Å². The van der Waals surface area contributed by atoms with Crippen LogP contribution in [0.25, 0.3) is 10.4 Å². The van der Waals surface area contributed by atoms with Crippen molar-refractivity contribution < 1.29 is 14.4 Å². The van der Waals surface area contributed by atoms with Gasteiger partial charge in [-0.05, 0) is 22.2 Å². The third-order valence-corrected chi connectivity index (χ3v) is 8.42. The summed E-state index contributed by atoms with van der Waals surface area (Å²) in [5.74, 6) is 0. The first-order valence-corrected chi connectivity index (χ1v) is 12.4. The summed E-state index contributed by atoms with van der Waals surface area (Å²) in [4.78, 5) is 2.79. The Balaban J connectivity index is 1.80. The molecule has 3 aromatic carbocycles. The van der Waals surface area contributed by atoms with E-state index in [0.29, 0.717) is 0 Å². The topological polar surface area (TPSA) is 95.3 Å². The molecule has 1 aliphatic rings. The van der Waals surface area contributed by atoms with Crippen LogP contribution in [0.2, 0.25) is 0 Å². The van der Waals surface area contributed by atoms with Gasteiger partial charge < -0.3 is 14.4 Å². The number of hydrogen-bond acceptors (Lipinski definition) is 4. The van der Waals surface area contributed by atoms with Crippen molar-refractivity contribution in [2.45, 2.75) is 17.7 Å². The number of aliphatic hydroxyl groups excluding tert-OH is 1. The molecule has 1 aliphatic heterocycles. The fraction of sp³-hybridized carbons (Fsp3) is 0.250. The van der Waals surface area contributed by atoms with E-state index in [1.54, 1.807) is 0 Å². The lowest BCUT2D eigenvalue weighted by atomic mass is 9.80. The molecule has 0 unspecified atom stereocenters. The highest BCUT2D eigenvalue weighted by molar-refractivity contribution is 7.64. The molecule has 158 valence electrons. The Bertz CT molecular complexity index is 1010. The van der Waals surface area contributed by atoms with Crippen LogP contribution < -0.4 is 0 Å². The minimum atomic E-state index is -2.91. The van der Waals surface area contributed by atoms with Crippen LogP contribution in [0, 0.1) is 0 Å². The predicted molar refractivity (Wildman–Crippen MR) is 121 cm³/mol. The van der Waals surface area contributed by atoms with E-state index in [2.05, 4.69) is 10.0 Å². The Morgan fingerprint density at radius 1 is 0.903 bits per heavy atom. The van der Waals surface area contributed by atoms with Crippen molar-refractivity contribution in [3.8, 4) is 0 Å². The van der Waals surface area contributed by atoms with Crippen LogP contribution in [0.15, 0.2) is 96.1 Å². The van der Waals surface area contributed by atoms with Crippen molar-refractivity contribution in [3.05, 3.63) is 118 Å². The number of rotatable bonds is 7. The fourth-order valence-electron chi connectivity index (χ4n) is 4.27. The first kappa shape index (κ1) is 21.4. The average Bonchev–Trinajstić information content (AvgIpc) is 3.10. The Hall–Kier alpha value is -2.88. The molecular formula is C24H24N3O3P. The van der Waals surface area contributed by atoms with E-state index in [9.17, 15) is 9.67 Å². The molecule has 0 aliphatic carbocycles. The summed E-state index contributed by atoms with van der Waals surface area (Å²) in [7, 11) is -2.91. The molecule has 3 atom stereocenters. The molecule has 0 amide bonds. The highest BCUT2D eigenvalue weighted by Gasteiger charge is 2.44. The zero-order chi connectivity index (χ0) is 21.7. The zero-order valence-electron chi connectivity index (χ0n) is 17.0. The van der Waals surface area contributed by atoms with Crippen molar-refractivity contribution >= 4 is 7.14 Å². The second-order valence-corrected chi connectivity index (χ2v) is 10.9. The van der Waals surface area contributed by atoms with Crippen molar-refractivity contribution in [2.75, 3.05) is 18.7 Å². The second kappa shape index (κ2) is 9.09. The van der Waals surface area contributed by atoms with E-state index in [-0.39, 0.29) is 18.7 Å². The first-order valence-electron chi connectivity index (χ1n) is 10.2. The molecular weight excluding hydrogens is 409 g/mol. The van der Waals surface area contributed by atoms with Crippen LogP contribution in [0.3, 0.4) is 0 Å². The maximum Gasteiger partial charge on any atom is 0.144 e. The number of azide groups is 1. The summed E-state index contributed by atoms with van der Waals surface area (Å²) in [5.41, 5.74) is 10.5. The summed E-state index contributed by atoms with van der Waals surface area (Å²) in [5, 5.41) is 13.9. The van der Waals surface area contributed by atoms with Crippen molar-refractivity contribution in [1.29, 1.82) is 0 Å². The molecule has 0 aromatic heterocycles. The van der Waals surface area contributed by atoms with Gasteiger partial charge in [-0.15, -0.1) is 0 Å². The lowest BCUT2D eigenvalue weighted by molar-refractivity contribution is 0.0423. The van der Waals surface area contributed by atoms with Crippen LogP contribution in [-0.2, 0) is 14.9 Å². The number of nitrogens with zero attached hydrogens (tertiary/aromatic N) is 3. The number of benzene rings is 3. The van der Waals surface area contributed by atoms with Gasteiger partial charge in [0.2, 0.25) is 0 Å². The van der Waals surface area contributed by atoms with E-state index in [1.807, 2.05) is 91.0 Å². The molecule has 0 saturated carbocycles.